The number of nitrogens with one attached hydrogen (secondary N) is 1. The van der Waals surface area contributed by atoms with Crippen LogP contribution in [-0.4, -0.2) is 40.3 Å². The number of aromatic nitrogens is 1. The van der Waals surface area contributed by atoms with Gasteiger partial charge in [0.1, 0.15) is 5.76 Å². The van der Waals surface area contributed by atoms with Crippen molar-refractivity contribution in [2.45, 2.75) is 19.5 Å². The van der Waals surface area contributed by atoms with Crippen LogP contribution in [0.1, 0.15) is 17.7 Å². The Bertz CT molecular complexity index is 1310. The standard InChI is InChI=1S/C22H19ClN2O3S.C2H2O4/c23-16-10-14(11-19-21(16)27-9-3-8-26-19)12-24-13-15-6-7-18(28-15)22-25-17-4-1-2-5-20(17)29-22;3-1(4)2(5)6/h1-2,4-7,10-11,24H,3,8-9,12-13H2;(H,3,4)(H,5,6). The second kappa shape index (κ2) is 11.2. The number of rotatable bonds is 5. The van der Waals surface area contributed by atoms with E-state index in [4.69, 9.17) is 45.3 Å². The van der Waals surface area contributed by atoms with Gasteiger partial charge in [-0.05, 0) is 42.0 Å². The van der Waals surface area contributed by atoms with E-state index in [1.165, 1.54) is 0 Å². The number of hydrogen-bond acceptors (Lipinski definition) is 8. The second-order valence-corrected chi connectivity index (χ2v) is 8.86. The molecule has 0 atom stereocenters. The fourth-order valence-corrected chi connectivity index (χ4v) is 4.50. The molecule has 3 N–H and O–H groups in total. The Balaban J connectivity index is 0.000000431. The number of benzene rings is 2. The summed E-state index contributed by atoms with van der Waals surface area (Å²) in [5.74, 6) is -0.645. The maximum atomic E-state index is 9.10. The minimum Gasteiger partial charge on any atom is -0.489 e. The molecular formula is C24H21ClN2O7S. The van der Waals surface area contributed by atoms with E-state index in [1.54, 1.807) is 11.3 Å². The number of ether oxygens (including phenoxy) is 2. The van der Waals surface area contributed by atoms with Crippen LogP contribution in [-0.2, 0) is 22.7 Å². The molecule has 1 aliphatic rings. The molecule has 0 fully saturated rings. The minimum atomic E-state index is -1.82. The van der Waals surface area contributed by atoms with E-state index in [2.05, 4.69) is 16.4 Å². The Kier molecular flexibility index (Phi) is 7.86. The Morgan fingerprint density at radius 2 is 1.80 bits per heavy atom. The van der Waals surface area contributed by atoms with Crippen molar-refractivity contribution < 1.29 is 33.7 Å². The summed E-state index contributed by atoms with van der Waals surface area (Å²) in [7, 11) is 0. The highest BCUT2D eigenvalue weighted by molar-refractivity contribution is 7.21. The van der Waals surface area contributed by atoms with E-state index in [9.17, 15) is 0 Å². The van der Waals surface area contributed by atoms with Crippen LogP contribution < -0.4 is 14.8 Å². The van der Waals surface area contributed by atoms with Gasteiger partial charge in [-0.3, -0.25) is 0 Å². The van der Waals surface area contributed by atoms with Gasteiger partial charge >= 0.3 is 11.9 Å². The molecule has 0 aliphatic carbocycles. The highest BCUT2D eigenvalue weighted by Gasteiger charge is 2.16. The quantitative estimate of drug-likeness (QED) is 0.319. The first-order valence-electron chi connectivity index (χ1n) is 10.6. The second-order valence-electron chi connectivity index (χ2n) is 7.42. The number of hydrogen-bond donors (Lipinski definition) is 3. The Hall–Kier alpha value is -3.60. The van der Waals surface area contributed by atoms with Gasteiger partial charge in [0.25, 0.3) is 0 Å². The number of thiazole rings is 1. The number of aliphatic carboxylic acids is 2. The van der Waals surface area contributed by atoms with Gasteiger partial charge in [-0.2, -0.15) is 0 Å². The molecule has 182 valence electrons. The number of nitrogens with zero attached hydrogens (tertiary/aromatic N) is 1. The van der Waals surface area contributed by atoms with E-state index in [-0.39, 0.29) is 0 Å². The first kappa shape index (κ1) is 24.5. The van der Waals surface area contributed by atoms with Crippen molar-refractivity contribution in [1.29, 1.82) is 0 Å². The molecule has 0 radical (unpaired) electrons. The number of furan rings is 1. The Labute approximate surface area is 208 Å². The average Bonchev–Trinajstić information content (AvgIpc) is 3.40. The van der Waals surface area contributed by atoms with E-state index in [1.807, 2.05) is 42.5 Å². The number of carbonyl (C=O) groups is 2. The molecule has 0 saturated heterocycles. The zero-order valence-electron chi connectivity index (χ0n) is 18.3. The van der Waals surface area contributed by atoms with E-state index in [0.29, 0.717) is 42.8 Å². The highest BCUT2D eigenvalue weighted by atomic mass is 35.5. The van der Waals surface area contributed by atoms with Gasteiger partial charge < -0.3 is 29.4 Å². The lowest BCUT2D eigenvalue weighted by Gasteiger charge is -2.12. The average molecular weight is 517 g/mol. The van der Waals surface area contributed by atoms with Gasteiger partial charge in [0.05, 0.1) is 35.0 Å². The van der Waals surface area contributed by atoms with Crippen LogP contribution in [0.25, 0.3) is 21.0 Å². The number of carboxylic acid groups (broad SMARTS) is 2. The first-order chi connectivity index (χ1) is 16.9. The van der Waals surface area contributed by atoms with Crippen LogP contribution in [0.5, 0.6) is 11.5 Å². The van der Waals surface area contributed by atoms with E-state index >= 15 is 0 Å². The summed E-state index contributed by atoms with van der Waals surface area (Å²) in [5.41, 5.74) is 2.03. The summed E-state index contributed by atoms with van der Waals surface area (Å²) >= 11 is 8.00. The van der Waals surface area contributed by atoms with Gasteiger partial charge in [-0.15, -0.1) is 11.3 Å². The predicted octanol–water partition coefficient (Wildman–Crippen LogP) is 4.82. The number of carboxylic acids is 2. The molecule has 2 aromatic heterocycles. The molecule has 0 saturated carbocycles. The summed E-state index contributed by atoms with van der Waals surface area (Å²) in [6, 6.07) is 16.0. The maximum absolute atomic E-state index is 9.10. The highest BCUT2D eigenvalue weighted by Crippen LogP contribution is 2.38. The van der Waals surface area contributed by atoms with Crippen LogP contribution in [0.15, 0.2) is 52.9 Å². The van der Waals surface area contributed by atoms with Crippen LogP contribution in [0.3, 0.4) is 0 Å². The lowest BCUT2D eigenvalue weighted by molar-refractivity contribution is -0.159. The molecule has 0 unspecified atom stereocenters. The Morgan fingerprint density at radius 1 is 1.03 bits per heavy atom. The fourth-order valence-electron chi connectivity index (χ4n) is 3.28. The van der Waals surface area contributed by atoms with Gasteiger partial charge in [0, 0.05) is 13.0 Å². The normalized spacial score (nSPS) is 12.5. The van der Waals surface area contributed by atoms with Crippen LogP contribution in [0.2, 0.25) is 5.02 Å². The van der Waals surface area contributed by atoms with E-state index in [0.717, 1.165) is 38.7 Å². The summed E-state index contributed by atoms with van der Waals surface area (Å²) in [4.78, 5) is 22.8. The maximum Gasteiger partial charge on any atom is 0.414 e. The predicted molar refractivity (Wildman–Crippen MR) is 130 cm³/mol. The summed E-state index contributed by atoms with van der Waals surface area (Å²) in [6.45, 7) is 2.52. The third-order valence-electron chi connectivity index (χ3n) is 4.84. The molecule has 0 spiro atoms. The van der Waals surface area contributed by atoms with Crippen molar-refractivity contribution in [3.05, 3.63) is 64.9 Å². The van der Waals surface area contributed by atoms with Crippen LogP contribution in [0, 0.1) is 0 Å². The van der Waals surface area contributed by atoms with Crippen LogP contribution in [0.4, 0.5) is 0 Å². The molecule has 4 aromatic rings. The fraction of sp³-hybridized carbons (Fsp3) is 0.208. The zero-order valence-corrected chi connectivity index (χ0v) is 19.9. The number of fused-ring (bicyclic) bond motifs is 2. The topological polar surface area (TPSA) is 131 Å². The molecule has 11 heteroatoms. The van der Waals surface area contributed by atoms with E-state index < -0.39 is 11.9 Å². The van der Waals surface area contributed by atoms with Crippen molar-refractivity contribution in [2.24, 2.45) is 0 Å². The molecule has 35 heavy (non-hydrogen) atoms. The molecule has 0 bridgehead atoms. The van der Waals surface area contributed by atoms with Crippen molar-refractivity contribution in [3.8, 4) is 22.3 Å². The molecule has 2 aromatic carbocycles. The number of para-hydroxylation sites is 1. The summed E-state index contributed by atoms with van der Waals surface area (Å²) in [5, 5.41) is 19.7. The molecular weight excluding hydrogens is 496 g/mol. The number of halogens is 1. The molecule has 3 heterocycles. The van der Waals surface area contributed by atoms with Crippen LogP contribution >= 0.6 is 22.9 Å². The van der Waals surface area contributed by atoms with Gasteiger partial charge in [-0.25, -0.2) is 14.6 Å². The smallest absolute Gasteiger partial charge is 0.414 e. The minimum absolute atomic E-state index is 0.581. The lowest BCUT2D eigenvalue weighted by Crippen LogP contribution is -2.12. The Morgan fingerprint density at radius 3 is 2.57 bits per heavy atom. The third kappa shape index (κ3) is 6.30. The van der Waals surface area contributed by atoms with Gasteiger partial charge in [0.15, 0.2) is 22.3 Å². The zero-order chi connectivity index (χ0) is 24.8. The van der Waals surface area contributed by atoms with Crippen molar-refractivity contribution in [1.82, 2.24) is 10.3 Å². The largest absolute Gasteiger partial charge is 0.489 e. The summed E-state index contributed by atoms with van der Waals surface area (Å²) < 4.78 is 18.6. The van der Waals surface area contributed by atoms with Gasteiger partial charge in [-0.1, -0.05) is 23.7 Å². The summed E-state index contributed by atoms with van der Waals surface area (Å²) in [6.07, 6.45) is 0.855. The lowest BCUT2D eigenvalue weighted by atomic mass is 10.2. The monoisotopic (exact) mass is 516 g/mol. The van der Waals surface area contributed by atoms with Crippen molar-refractivity contribution in [2.75, 3.05) is 13.2 Å². The van der Waals surface area contributed by atoms with Crippen molar-refractivity contribution in [3.63, 3.8) is 0 Å². The molecule has 0 amide bonds. The molecule has 1 aliphatic heterocycles. The van der Waals surface area contributed by atoms with Gasteiger partial charge in [0.2, 0.25) is 0 Å². The third-order valence-corrected chi connectivity index (χ3v) is 6.17. The molecule has 5 rings (SSSR count). The first-order valence-corrected chi connectivity index (χ1v) is 11.8. The van der Waals surface area contributed by atoms with Crippen molar-refractivity contribution >= 4 is 45.1 Å². The molecule has 9 nitrogen and oxygen atoms in total. The SMILES string of the molecule is Clc1cc(CNCc2ccc(-c3nc4ccccc4s3)o2)cc2c1OCCCO2.O=C(O)C(=O)O.